The molecular formula is C11H14FN3O3. The van der Waals surface area contributed by atoms with Gasteiger partial charge in [0.05, 0.1) is 13.0 Å². The fourth-order valence-corrected chi connectivity index (χ4v) is 1.26. The Bertz CT molecular complexity index is 463. The fourth-order valence-electron chi connectivity index (χ4n) is 1.26. The average molecular weight is 255 g/mol. The number of carbonyl (C=O) groups excluding carboxylic acids is 1. The molecule has 1 rings (SSSR count). The molecule has 0 fully saturated rings. The highest BCUT2D eigenvalue weighted by Crippen LogP contribution is 2.21. The number of nitrogens with two attached hydrogens (primary N) is 1. The van der Waals surface area contributed by atoms with Crippen molar-refractivity contribution in [1.29, 1.82) is 0 Å². The number of amidine groups is 1. The van der Waals surface area contributed by atoms with Crippen molar-refractivity contribution in [2.75, 3.05) is 11.9 Å². The lowest BCUT2D eigenvalue weighted by molar-refractivity contribution is -0.115. The summed E-state index contributed by atoms with van der Waals surface area (Å²) < 4.78 is 18.5. The van der Waals surface area contributed by atoms with Gasteiger partial charge in [0.15, 0.2) is 11.6 Å². The normalized spacial score (nSPS) is 11.1. The van der Waals surface area contributed by atoms with E-state index in [0.29, 0.717) is 6.61 Å². The van der Waals surface area contributed by atoms with Crippen LogP contribution in [0, 0.1) is 5.82 Å². The van der Waals surface area contributed by atoms with Crippen LogP contribution in [0.2, 0.25) is 0 Å². The van der Waals surface area contributed by atoms with Gasteiger partial charge < -0.3 is 21.0 Å². The molecule has 6 nitrogen and oxygen atoms in total. The van der Waals surface area contributed by atoms with Crippen LogP contribution < -0.4 is 15.8 Å². The van der Waals surface area contributed by atoms with Crippen molar-refractivity contribution in [3.05, 3.63) is 24.0 Å². The number of oxime groups is 1. The molecular weight excluding hydrogens is 241 g/mol. The molecule has 0 aliphatic heterocycles. The summed E-state index contributed by atoms with van der Waals surface area (Å²) in [4.78, 5) is 11.4. The van der Waals surface area contributed by atoms with Crippen LogP contribution in [0.5, 0.6) is 5.75 Å². The lowest BCUT2D eigenvalue weighted by atomic mass is 10.2. The molecule has 0 bridgehead atoms. The topological polar surface area (TPSA) is 96.9 Å². The van der Waals surface area contributed by atoms with E-state index in [9.17, 15) is 9.18 Å². The third kappa shape index (κ3) is 3.93. The van der Waals surface area contributed by atoms with Gasteiger partial charge in [-0.1, -0.05) is 5.16 Å². The standard InChI is InChI=1S/C11H14FN3O3/c1-2-18-9-4-3-7(5-8(9)12)14-11(16)6-10(13)15-17/h3-5,17H,2,6H2,1H3,(H2,13,15)(H,14,16). The van der Waals surface area contributed by atoms with E-state index >= 15 is 0 Å². The minimum atomic E-state index is -0.571. The molecule has 0 unspecified atom stereocenters. The van der Waals surface area contributed by atoms with Crippen LogP contribution in [-0.4, -0.2) is 23.6 Å². The third-order valence-electron chi connectivity index (χ3n) is 1.99. The second-order valence-electron chi connectivity index (χ2n) is 3.39. The van der Waals surface area contributed by atoms with Crippen molar-refractivity contribution < 1.29 is 19.1 Å². The Kier molecular flexibility index (Phi) is 4.91. The van der Waals surface area contributed by atoms with Crippen molar-refractivity contribution in [1.82, 2.24) is 0 Å². The lowest BCUT2D eigenvalue weighted by Crippen LogP contribution is -2.22. The number of anilines is 1. The number of hydrogen-bond acceptors (Lipinski definition) is 4. The molecule has 0 atom stereocenters. The van der Waals surface area contributed by atoms with Crippen LogP contribution >= 0.6 is 0 Å². The molecule has 1 aromatic rings. The van der Waals surface area contributed by atoms with E-state index in [1.807, 2.05) is 0 Å². The van der Waals surface area contributed by atoms with E-state index in [0.717, 1.165) is 6.07 Å². The van der Waals surface area contributed by atoms with E-state index in [-0.39, 0.29) is 23.7 Å². The minimum absolute atomic E-state index is 0.118. The molecule has 7 heteroatoms. The molecule has 0 saturated heterocycles. The molecule has 0 radical (unpaired) electrons. The Balaban J connectivity index is 2.68. The summed E-state index contributed by atoms with van der Waals surface area (Å²) in [6.45, 7) is 2.10. The largest absolute Gasteiger partial charge is 0.491 e. The second-order valence-corrected chi connectivity index (χ2v) is 3.39. The first kappa shape index (κ1) is 13.8. The van der Waals surface area contributed by atoms with E-state index in [2.05, 4.69) is 10.5 Å². The van der Waals surface area contributed by atoms with Gasteiger partial charge in [-0.15, -0.1) is 0 Å². The van der Waals surface area contributed by atoms with Crippen LogP contribution in [0.4, 0.5) is 10.1 Å². The van der Waals surface area contributed by atoms with Gasteiger partial charge in [-0.2, -0.15) is 0 Å². The number of ether oxygens (including phenoxy) is 1. The molecule has 18 heavy (non-hydrogen) atoms. The molecule has 1 amide bonds. The summed E-state index contributed by atoms with van der Waals surface area (Å²) in [6, 6.07) is 4.05. The summed E-state index contributed by atoms with van der Waals surface area (Å²) in [6.07, 6.45) is -0.272. The van der Waals surface area contributed by atoms with Crippen molar-refractivity contribution >= 4 is 17.4 Å². The van der Waals surface area contributed by atoms with Gasteiger partial charge in [0, 0.05) is 11.8 Å². The maximum Gasteiger partial charge on any atom is 0.232 e. The summed E-state index contributed by atoms with van der Waals surface area (Å²) >= 11 is 0. The predicted molar refractivity (Wildman–Crippen MR) is 64.2 cm³/mol. The number of hydrogen-bond donors (Lipinski definition) is 3. The Morgan fingerprint density at radius 2 is 2.33 bits per heavy atom. The predicted octanol–water partition coefficient (Wildman–Crippen LogP) is 1.30. The quantitative estimate of drug-likeness (QED) is 0.320. The van der Waals surface area contributed by atoms with Crippen molar-refractivity contribution in [3.8, 4) is 5.75 Å². The lowest BCUT2D eigenvalue weighted by Gasteiger charge is -2.08. The number of carbonyl (C=O) groups is 1. The molecule has 98 valence electrons. The van der Waals surface area contributed by atoms with E-state index in [1.54, 1.807) is 6.92 Å². The summed E-state index contributed by atoms with van der Waals surface area (Å²) in [5.74, 6) is -1.18. The van der Waals surface area contributed by atoms with Crippen molar-refractivity contribution in [3.63, 3.8) is 0 Å². The highest BCUT2D eigenvalue weighted by molar-refractivity contribution is 6.04. The molecule has 0 aromatic heterocycles. The van der Waals surface area contributed by atoms with Crippen molar-refractivity contribution in [2.24, 2.45) is 10.9 Å². The second kappa shape index (κ2) is 6.43. The van der Waals surface area contributed by atoms with E-state index in [1.165, 1.54) is 12.1 Å². The van der Waals surface area contributed by atoms with E-state index in [4.69, 9.17) is 15.7 Å². The van der Waals surface area contributed by atoms with Crippen LogP contribution in [0.15, 0.2) is 23.4 Å². The average Bonchev–Trinajstić information content (AvgIpc) is 2.32. The highest BCUT2D eigenvalue weighted by atomic mass is 19.1. The molecule has 1 aromatic carbocycles. The highest BCUT2D eigenvalue weighted by Gasteiger charge is 2.08. The first-order valence-corrected chi connectivity index (χ1v) is 5.25. The van der Waals surface area contributed by atoms with Gasteiger partial charge >= 0.3 is 0 Å². The van der Waals surface area contributed by atoms with Gasteiger partial charge in [0.25, 0.3) is 0 Å². The Morgan fingerprint density at radius 1 is 1.61 bits per heavy atom. The Labute approximate surface area is 103 Å². The SMILES string of the molecule is CCOc1ccc(NC(=O)C/C(N)=N/O)cc1F. The monoisotopic (exact) mass is 255 g/mol. The van der Waals surface area contributed by atoms with Gasteiger partial charge in [0.1, 0.15) is 5.84 Å². The third-order valence-corrected chi connectivity index (χ3v) is 1.99. The molecule has 0 aliphatic rings. The van der Waals surface area contributed by atoms with Gasteiger partial charge in [-0.3, -0.25) is 4.79 Å². The summed E-state index contributed by atoms with van der Waals surface area (Å²) in [5.41, 5.74) is 5.44. The molecule has 0 aliphatic carbocycles. The van der Waals surface area contributed by atoms with Gasteiger partial charge in [0.2, 0.25) is 5.91 Å². The summed E-state index contributed by atoms with van der Waals surface area (Å²) in [7, 11) is 0. The number of halogens is 1. The number of nitrogens with one attached hydrogen (secondary N) is 1. The van der Waals surface area contributed by atoms with Crippen molar-refractivity contribution in [2.45, 2.75) is 13.3 Å². The maximum absolute atomic E-state index is 13.5. The zero-order valence-electron chi connectivity index (χ0n) is 9.81. The molecule has 0 heterocycles. The number of rotatable bonds is 5. The Hall–Kier alpha value is -2.31. The van der Waals surface area contributed by atoms with Gasteiger partial charge in [-0.05, 0) is 19.1 Å². The number of amides is 1. The molecule has 0 spiro atoms. The van der Waals surface area contributed by atoms with Crippen LogP contribution in [0.1, 0.15) is 13.3 Å². The van der Waals surface area contributed by atoms with Crippen LogP contribution in [0.25, 0.3) is 0 Å². The van der Waals surface area contributed by atoms with E-state index < -0.39 is 11.7 Å². The Morgan fingerprint density at radius 3 is 2.89 bits per heavy atom. The minimum Gasteiger partial charge on any atom is -0.491 e. The first-order chi connectivity index (χ1) is 8.56. The van der Waals surface area contributed by atoms with Gasteiger partial charge in [-0.25, -0.2) is 4.39 Å². The first-order valence-electron chi connectivity index (χ1n) is 5.25. The number of nitrogens with zero attached hydrogens (tertiary/aromatic N) is 1. The molecule has 4 N–H and O–H groups in total. The van der Waals surface area contributed by atoms with Crippen LogP contribution in [-0.2, 0) is 4.79 Å². The summed E-state index contributed by atoms with van der Waals surface area (Å²) in [5, 5.41) is 13.4. The zero-order chi connectivity index (χ0) is 13.5. The zero-order valence-corrected chi connectivity index (χ0v) is 9.81. The maximum atomic E-state index is 13.5. The molecule has 0 saturated carbocycles. The fraction of sp³-hybridized carbons (Fsp3) is 0.273. The van der Waals surface area contributed by atoms with Crippen LogP contribution in [0.3, 0.4) is 0 Å². The smallest absolute Gasteiger partial charge is 0.232 e. The number of benzene rings is 1.